The Bertz CT molecular complexity index is 987. The smallest absolute Gasteiger partial charge is 0.341 e. The second-order valence-corrected chi connectivity index (χ2v) is 6.13. The van der Waals surface area contributed by atoms with Crippen molar-refractivity contribution in [2.24, 2.45) is 0 Å². The van der Waals surface area contributed by atoms with Gasteiger partial charge in [-0.25, -0.2) is 9.78 Å². The Morgan fingerprint density at radius 3 is 2.85 bits per heavy atom. The van der Waals surface area contributed by atoms with Gasteiger partial charge in [-0.3, -0.25) is 0 Å². The normalized spacial score (nSPS) is 13.4. The third kappa shape index (κ3) is 2.68. The van der Waals surface area contributed by atoms with Gasteiger partial charge in [-0.15, -0.1) is 0 Å². The molecular weight excluding hydrogens is 360 g/mol. The van der Waals surface area contributed by atoms with Crippen LogP contribution in [-0.2, 0) is 6.54 Å². The lowest BCUT2D eigenvalue weighted by atomic mass is 10.2. The Balaban J connectivity index is 1.79. The van der Waals surface area contributed by atoms with Gasteiger partial charge in [-0.1, -0.05) is 23.7 Å². The molecule has 0 atom stereocenters. The fourth-order valence-electron chi connectivity index (χ4n) is 2.96. The topological polar surface area (TPSA) is 89.2 Å². The molecule has 1 N–H and O–H groups in total. The van der Waals surface area contributed by atoms with Crippen LogP contribution in [0.15, 0.2) is 30.5 Å². The Morgan fingerprint density at radius 2 is 2.15 bits per heavy atom. The van der Waals surface area contributed by atoms with E-state index in [0.29, 0.717) is 31.3 Å². The SMILES string of the molecule is COc1ccc(CN2CCOc3c(Cl)nc4c(C(=O)O)cnn4c32)cc1. The van der Waals surface area contributed by atoms with Crippen LogP contribution in [0.5, 0.6) is 11.5 Å². The number of nitrogens with zero attached hydrogens (tertiary/aromatic N) is 4. The molecule has 0 spiro atoms. The van der Waals surface area contributed by atoms with Crippen LogP contribution in [0.4, 0.5) is 5.82 Å². The summed E-state index contributed by atoms with van der Waals surface area (Å²) < 4.78 is 12.3. The highest BCUT2D eigenvalue weighted by Crippen LogP contribution is 2.38. The van der Waals surface area contributed by atoms with Gasteiger partial charge in [-0.2, -0.15) is 9.61 Å². The predicted molar refractivity (Wildman–Crippen MR) is 94.5 cm³/mol. The maximum Gasteiger partial charge on any atom is 0.341 e. The number of aromatic nitrogens is 3. The summed E-state index contributed by atoms with van der Waals surface area (Å²) >= 11 is 6.25. The molecular formula is C17H15ClN4O4. The average molecular weight is 375 g/mol. The van der Waals surface area contributed by atoms with Crippen LogP contribution in [0, 0.1) is 0 Å². The van der Waals surface area contributed by atoms with Crippen LogP contribution in [0.1, 0.15) is 15.9 Å². The fraction of sp³-hybridized carbons (Fsp3) is 0.235. The van der Waals surface area contributed by atoms with E-state index < -0.39 is 5.97 Å². The summed E-state index contributed by atoms with van der Waals surface area (Å²) in [7, 11) is 1.62. The van der Waals surface area contributed by atoms with Crippen molar-refractivity contribution in [1.29, 1.82) is 0 Å². The van der Waals surface area contributed by atoms with Gasteiger partial charge in [0.2, 0.25) is 0 Å². The van der Waals surface area contributed by atoms with Gasteiger partial charge >= 0.3 is 5.97 Å². The van der Waals surface area contributed by atoms with Crippen molar-refractivity contribution in [2.45, 2.75) is 6.54 Å². The number of carboxylic acids is 1. The van der Waals surface area contributed by atoms with Crippen molar-refractivity contribution in [3.05, 3.63) is 46.7 Å². The average Bonchev–Trinajstić information content (AvgIpc) is 3.06. The van der Waals surface area contributed by atoms with Crippen molar-refractivity contribution in [1.82, 2.24) is 14.6 Å². The van der Waals surface area contributed by atoms with Crippen molar-refractivity contribution in [3.63, 3.8) is 0 Å². The zero-order chi connectivity index (χ0) is 18.3. The summed E-state index contributed by atoms with van der Waals surface area (Å²) in [6, 6.07) is 7.73. The summed E-state index contributed by atoms with van der Waals surface area (Å²) in [5.74, 6) is 0.666. The monoisotopic (exact) mass is 374 g/mol. The van der Waals surface area contributed by atoms with E-state index >= 15 is 0 Å². The highest BCUT2D eigenvalue weighted by Gasteiger charge is 2.28. The highest BCUT2D eigenvalue weighted by atomic mass is 35.5. The number of aromatic carboxylic acids is 1. The first-order chi connectivity index (χ1) is 12.6. The summed E-state index contributed by atoms with van der Waals surface area (Å²) in [6.07, 6.45) is 1.27. The molecule has 0 saturated carbocycles. The zero-order valence-corrected chi connectivity index (χ0v) is 14.6. The van der Waals surface area contributed by atoms with Gasteiger partial charge in [0.1, 0.15) is 17.9 Å². The van der Waals surface area contributed by atoms with E-state index in [2.05, 4.69) is 10.1 Å². The summed E-state index contributed by atoms with van der Waals surface area (Å²) in [5, 5.41) is 13.6. The van der Waals surface area contributed by atoms with Crippen molar-refractivity contribution < 1.29 is 19.4 Å². The standard InChI is InChI=1S/C17H15ClN4O4/c1-25-11-4-2-10(3-5-11)9-21-6-7-26-13-14(18)20-15-12(17(23)24)8-19-22(15)16(13)21/h2-5,8H,6-7,9H2,1H3,(H,23,24). The van der Waals surface area contributed by atoms with Crippen LogP contribution in [0.2, 0.25) is 5.15 Å². The molecule has 134 valence electrons. The third-order valence-electron chi connectivity index (χ3n) is 4.21. The van der Waals surface area contributed by atoms with Crippen LogP contribution in [-0.4, -0.2) is 45.9 Å². The quantitative estimate of drug-likeness (QED) is 0.702. The van der Waals surface area contributed by atoms with Crippen LogP contribution >= 0.6 is 11.6 Å². The molecule has 9 heteroatoms. The molecule has 0 aliphatic carbocycles. The molecule has 0 radical (unpaired) electrons. The first-order valence-corrected chi connectivity index (χ1v) is 8.27. The number of carbonyl (C=O) groups is 1. The minimum Gasteiger partial charge on any atom is -0.497 e. The number of carboxylic acid groups (broad SMARTS) is 1. The van der Waals surface area contributed by atoms with Crippen molar-refractivity contribution in [3.8, 4) is 11.5 Å². The predicted octanol–water partition coefficient (Wildman–Crippen LogP) is 2.49. The molecule has 0 amide bonds. The number of rotatable bonds is 4. The molecule has 3 aromatic rings. The van der Waals surface area contributed by atoms with E-state index in [1.165, 1.54) is 10.7 Å². The number of hydrogen-bond acceptors (Lipinski definition) is 6. The van der Waals surface area contributed by atoms with Crippen LogP contribution < -0.4 is 14.4 Å². The first kappa shape index (κ1) is 16.5. The largest absolute Gasteiger partial charge is 0.497 e. The number of anilines is 1. The van der Waals surface area contributed by atoms with Gasteiger partial charge < -0.3 is 19.5 Å². The second-order valence-electron chi connectivity index (χ2n) is 5.77. The van der Waals surface area contributed by atoms with E-state index in [1.807, 2.05) is 29.2 Å². The number of benzene rings is 1. The maximum atomic E-state index is 11.4. The van der Waals surface area contributed by atoms with E-state index in [1.54, 1.807) is 7.11 Å². The lowest BCUT2D eigenvalue weighted by Gasteiger charge is -2.31. The van der Waals surface area contributed by atoms with Gasteiger partial charge in [0.05, 0.1) is 19.9 Å². The number of methoxy groups -OCH3 is 1. The molecule has 0 bridgehead atoms. The summed E-state index contributed by atoms with van der Waals surface area (Å²) in [4.78, 5) is 17.6. The number of ether oxygens (including phenoxy) is 2. The van der Waals surface area contributed by atoms with E-state index in [9.17, 15) is 9.90 Å². The van der Waals surface area contributed by atoms with Crippen molar-refractivity contribution in [2.75, 3.05) is 25.2 Å². The van der Waals surface area contributed by atoms with Gasteiger partial charge in [0.25, 0.3) is 0 Å². The number of fused-ring (bicyclic) bond motifs is 3. The summed E-state index contributed by atoms with van der Waals surface area (Å²) in [5.41, 5.74) is 1.24. The third-order valence-corrected chi connectivity index (χ3v) is 4.47. The highest BCUT2D eigenvalue weighted by molar-refractivity contribution is 6.31. The van der Waals surface area contributed by atoms with E-state index in [4.69, 9.17) is 21.1 Å². The molecule has 1 aromatic carbocycles. The molecule has 8 nitrogen and oxygen atoms in total. The molecule has 0 fully saturated rings. The summed E-state index contributed by atoms with van der Waals surface area (Å²) in [6.45, 7) is 1.64. The lowest BCUT2D eigenvalue weighted by Crippen LogP contribution is -2.34. The number of halogens is 1. The minimum atomic E-state index is -1.11. The molecule has 26 heavy (non-hydrogen) atoms. The van der Waals surface area contributed by atoms with Crippen LogP contribution in [0.25, 0.3) is 5.65 Å². The van der Waals surface area contributed by atoms with E-state index in [-0.39, 0.29) is 16.4 Å². The fourth-order valence-corrected chi connectivity index (χ4v) is 3.18. The first-order valence-electron chi connectivity index (χ1n) is 7.89. The Labute approximate surface area is 153 Å². The Kier molecular flexibility index (Phi) is 4.04. The van der Waals surface area contributed by atoms with Crippen LogP contribution in [0.3, 0.4) is 0 Å². The molecule has 0 saturated heterocycles. The van der Waals surface area contributed by atoms with Crippen molar-refractivity contribution >= 4 is 29.0 Å². The number of hydrogen-bond donors (Lipinski definition) is 1. The van der Waals surface area contributed by atoms with Gasteiger partial charge in [0, 0.05) is 6.54 Å². The zero-order valence-electron chi connectivity index (χ0n) is 13.8. The molecule has 1 aliphatic rings. The van der Waals surface area contributed by atoms with Gasteiger partial charge in [-0.05, 0) is 17.7 Å². The van der Waals surface area contributed by atoms with Gasteiger partial charge in [0.15, 0.2) is 22.4 Å². The maximum absolute atomic E-state index is 11.4. The molecule has 0 unspecified atom stereocenters. The molecule has 3 heterocycles. The second kappa shape index (κ2) is 6.38. The minimum absolute atomic E-state index is 0.00956. The molecule has 1 aliphatic heterocycles. The Hall–Kier alpha value is -3.00. The Morgan fingerprint density at radius 1 is 1.38 bits per heavy atom. The van der Waals surface area contributed by atoms with E-state index in [0.717, 1.165) is 11.3 Å². The molecule has 4 rings (SSSR count). The lowest BCUT2D eigenvalue weighted by molar-refractivity contribution is 0.0698. The molecule has 2 aromatic heterocycles.